The molecule has 1 heterocycles. The number of nitrogens with two attached hydrogens (primary N) is 1. The van der Waals surface area contributed by atoms with Crippen molar-refractivity contribution in [3.63, 3.8) is 0 Å². The van der Waals surface area contributed by atoms with Gasteiger partial charge < -0.3 is 20.1 Å². The molecule has 6 nitrogen and oxygen atoms in total. The van der Waals surface area contributed by atoms with Crippen LogP contribution in [0.15, 0.2) is 30.4 Å². The maximum absolute atomic E-state index is 13.6. The average molecular weight is 481 g/mol. The third-order valence-corrected chi connectivity index (χ3v) is 10.5. The Morgan fingerprint density at radius 3 is 2.54 bits per heavy atom. The lowest BCUT2D eigenvalue weighted by Crippen LogP contribution is -2.67. The fraction of sp³-hybridized carbons (Fsp3) is 0.655. The molecule has 0 saturated heterocycles. The van der Waals surface area contributed by atoms with E-state index in [1.807, 2.05) is 0 Å². The number of fused-ring (bicyclic) bond motifs is 5. The first-order chi connectivity index (χ1) is 16.6. The number of methoxy groups -OCH3 is 2. The maximum atomic E-state index is 13.6. The molecule has 0 bridgehead atoms. The van der Waals surface area contributed by atoms with Gasteiger partial charge in [0.1, 0.15) is 17.0 Å². The number of carbonyl (C=O) groups excluding carboxylic acids is 2. The van der Waals surface area contributed by atoms with Gasteiger partial charge in [-0.3, -0.25) is 9.59 Å². The molecular formula is C29H40N2O4. The topological polar surface area (TPSA) is 81.9 Å². The molecule has 3 fully saturated rings. The summed E-state index contributed by atoms with van der Waals surface area (Å²) in [5.74, 6) is 2.30. The van der Waals surface area contributed by atoms with Gasteiger partial charge in [-0.2, -0.15) is 0 Å². The van der Waals surface area contributed by atoms with Crippen LogP contribution in [-0.2, 0) is 15.1 Å². The van der Waals surface area contributed by atoms with E-state index in [1.165, 1.54) is 32.1 Å². The van der Waals surface area contributed by atoms with E-state index >= 15 is 0 Å². The fourth-order valence-electron chi connectivity index (χ4n) is 8.60. The van der Waals surface area contributed by atoms with E-state index in [2.05, 4.69) is 19.9 Å². The van der Waals surface area contributed by atoms with Crippen molar-refractivity contribution in [3.8, 4) is 11.5 Å². The summed E-state index contributed by atoms with van der Waals surface area (Å²) >= 11 is 0. The zero-order valence-corrected chi connectivity index (χ0v) is 21.8. The van der Waals surface area contributed by atoms with Crippen molar-refractivity contribution >= 4 is 11.8 Å². The number of amides is 2. The third kappa shape index (κ3) is 3.35. The van der Waals surface area contributed by atoms with Crippen molar-refractivity contribution < 1.29 is 19.1 Å². The van der Waals surface area contributed by atoms with Crippen molar-refractivity contribution in [2.75, 3.05) is 14.2 Å². The van der Waals surface area contributed by atoms with E-state index < -0.39 is 11.4 Å². The van der Waals surface area contributed by atoms with E-state index in [4.69, 9.17) is 15.2 Å². The number of rotatable bonds is 5. The van der Waals surface area contributed by atoms with Crippen molar-refractivity contribution in [2.45, 2.75) is 77.3 Å². The second kappa shape index (κ2) is 8.28. The van der Waals surface area contributed by atoms with Crippen LogP contribution >= 0.6 is 0 Å². The average Bonchev–Trinajstić information content (AvgIpc) is 3.25. The van der Waals surface area contributed by atoms with Crippen LogP contribution in [0.3, 0.4) is 0 Å². The molecule has 0 aromatic heterocycles. The van der Waals surface area contributed by atoms with Crippen LogP contribution in [0.5, 0.6) is 11.5 Å². The van der Waals surface area contributed by atoms with Gasteiger partial charge in [0.15, 0.2) is 0 Å². The van der Waals surface area contributed by atoms with E-state index in [1.54, 1.807) is 50.3 Å². The number of hydrogen-bond acceptors (Lipinski definition) is 4. The molecule has 0 spiro atoms. The zero-order valence-electron chi connectivity index (χ0n) is 21.8. The van der Waals surface area contributed by atoms with E-state index in [-0.39, 0.29) is 17.4 Å². The molecule has 1 aromatic rings. The molecule has 0 radical (unpaired) electrons. The Balaban J connectivity index is 1.60. The molecule has 4 aliphatic rings. The molecule has 35 heavy (non-hydrogen) atoms. The summed E-state index contributed by atoms with van der Waals surface area (Å²) in [6.07, 6.45) is 12.2. The number of ether oxygens (including phenoxy) is 2. The first-order valence-corrected chi connectivity index (χ1v) is 13.1. The van der Waals surface area contributed by atoms with Gasteiger partial charge in [-0.25, -0.2) is 0 Å². The Hall–Kier alpha value is -2.50. The SMILES string of the molecule is COc1ccc(OC)c(C(C)(C(N)=O)N2C(=O)C=C[C@@]3(C)C2CC[C@@H]2[C@H]3CC[C@]3(C)CCC[C@@H]23)c1. The van der Waals surface area contributed by atoms with Crippen LogP contribution in [0.1, 0.15) is 71.3 Å². The number of hydrogen-bond donors (Lipinski definition) is 1. The number of benzene rings is 1. The quantitative estimate of drug-likeness (QED) is 0.656. The minimum atomic E-state index is -1.38. The second-order valence-corrected chi connectivity index (χ2v) is 12.0. The molecule has 5 rings (SSSR count). The van der Waals surface area contributed by atoms with Gasteiger partial charge in [0.05, 0.1) is 14.2 Å². The zero-order chi connectivity index (χ0) is 25.2. The van der Waals surface area contributed by atoms with Crippen LogP contribution in [0, 0.1) is 28.6 Å². The Morgan fingerprint density at radius 2 is 1.86 bits per heavy atom. The van der Waals surface area contributed by atoms with E-state index in [0.29, 0.717) is 34.3 Å². The first-order valence-electron chi connectivity index (χ1n) is 13.1. The Morgan fingerprint density at radius 1 is 1.09 bits per heavy atom. The molecule has 1 aliphatic heterocycles. The Kier molecular flexibility index (Phi) is 5.72. The molecule has 2 unspecified atom stereocenters. The molecular weight excluding hydrogens is 440 g/mol. The summed E-state index contributed by atoms with van der Waals surface area (Å²) in [5, 5.41) is 0. The highest BCUT2D eigenvalue weighted by atomic mass is 16.5. The third-order valence-electron chi connectivity index (χ3n) is 10.5. The van der Waals surface area contributed by atoms with Crippen LogP contribution in [0.4, 0.5) is 0 Å². The Bertz CT molecular complexity index is 1070. The second-order valence-electron chi connectivity index (χ2n) is 12.0. The summed E-state index contributed by atoms with van der Waals surface area (Å²) in [6, 6.07) is 5.23. The standard InChI is InChI=1S/C29H40N2O4/c1-27-14-6-7-20(27)19-9-11-24-28(2,21(19)12-15-27)16-13-25(32)31(24)29(3,26(30)33)22-17-18(34-4)8-10-23(22)35-5/h8,10,13,16-17,19-21,24H,6-7,9,11-12,14-15H2,1-5H3,(H2,30,33)/t19-,20-,21+,24?,27-,28+,29?/m0/s1. The summed E-state index contributed by atoms with van der Waals surface area (Å²) in [6.45, 7) is 6.58. The van der Waals surface area contributed by atoms with Crippen molar-refractivity contribution in [1.82, 2.24) is 4.90 Å². The molecule has 3 aliphatic carbocycles. The molecule has 2 amide bonds. The van der Waals surface area contributed by atoms with Gasteiger partial charge in [-0.05, 0) is 92.9 Å². The lowest BCUT2D eigenvalue weighted by Gasteiger charge is -2.62. The minimum Gasteiger partial charge on any atom is -0.497 e. The highest BCUT2D eigenvalue weighted by Gasteiger charge is 2.61. The molecule has 190 valence electrons. The lowest BCUT2D eigenvalue weighted by atomic mass is 9.48. The van der Waals surface area contributed by atoms with Crippen molar-refractivity contribution in [2.24, 2.45) is 34.3 Å². The van der Waals surface area contributed by atoms with Crippen LogP contribution < -0.4 is 15.2 Å². The van der Waals surface area contributed by atoms with Crippen molar-refractivity contribution in [1.29, 1.82) is 0 Å². The van der Waals surface area contributed by atoms with Gasteiger partial charge in [-0.15, -0.1) is 0 Å². The van der Waals surface area contributed by atoms with Crippen LogP contribution in [0.2, 0.25) is 0 Å². The summed E-state index contributed by atoms with van der Waals surface area (Å²) in [5.41, 5.74) is 5.59. The van der Waals surface area contributed by atoms with Gasteiger partial charge in [0.25, 0.3) is 0 Å². The van der Waals surface area contributed by atoms with Gasteiger partial charge in [0, 0.05) is 17.0 Å². The largest absolute Gasteiger partial charge is 0.497 e. The van der Waals surface area contributed by atoms with E-state index in [9.17, 15) is 9.59 Å². The maximum Gasteiger partial charge on any atom is 0.247 e. The molecule has 3 saturated carbocycles. The monoisotopic (exact) mass is 480 g/mol. The lowest BCUT2D eigenvalue weighted by molar-refractivity contribution is -0.160. The predicted octanol–water partition coefficient (Wildman–Crippen LogP) is 4.80. The number of primary amides is 1. The summed E-state index contributed by atoms with van der Waals surface area (Å²) < 4.78 is 11.1. The molecule has 2 N–H and O–H groups in total. The molecule has 7 atom stereocenters. The normalized spacial score (nSPS) is 37.6. The van der Waals surface area contributed by atoms with Crippen LogP contribution in [-0.4, -0.2) is 37.0 Å². The Labute approximate surface area is 209 Å². The summed E-state index contributed by atoms with van der Waals surface area (Å²) in [4.78, 5) is 28.7. The predicted molar refractivity (Wildman–Crippen MR) is 135 cm³/mol. The van der Waals surface area contributed by atoms with Crippen LogP contribution in [0.25, 0.3) is 0 Å². The van der Waals surface area contributed by atoms with Gasteiger partial charge in [0.2, 0.25) is 11.8 Å². The van der Waals surface area contributed by atoms with Gasteiger partial charge >= 0.3 is 0 Å². The fourth-order valence-corrected chi connectivity index (χ4v) is 8.60. The summed E-state index contributed by atoms with van der Waals surface area (Å²) in [7, 11) is 3.15. The number of carbonyl (C=O) groups is 2. The molecule has 6 heteroatoms. The number of nitrogens with zero attached hydrogens (tertiary/aromatic N) is 1. The minimum absolute atomic E-state index is 0.111. The van der Waals surface area contributed by atoms with E-state index in [0.717, 1.165) is 18.8 Å². The smallest absolute Gasteiger partial charge is 0.247 e. The van der Waals surface area contributed by atoms with Gasteiger partial charge in [-0.1, -0.05) is 26.3 Å². The highest BCUT2D eigenvalue weighted by molar-refractivity contribution is 5.97. The first kappa shape index (κ1) is 24.2. The molecule has 1 aromatic carbocycles. The van der Waals surface area contributed by atoms with Crippen molar-refractivity contribution in [3.05, 3.63) is 35.9 Å². The highest BCUT2D eigenvalue weighted by Crippen LogP contribution is 2.64.